The van der Waals surface area contributed by atoms with Gasteiger partial charge in [-0.1, -0.05) is 18.2 Å². The first-order chi connectivity index (χ1) is 13.0. The Morgan fingerprint density at radius 3 is 2.63 bits per heavy atom. The second-order valence-electron chi connectivity index (χ2n) is 6.42. The third kappa shape index (κ3) is 4.25. The number of fused-ring (bicyclic) bond motifs is 1. The number of aromatic nitrogens is 1. The molecular weight excluding hydrogens is 350 g/mol. The molecule has 1 aliphatic heterocycles. The summed E-state index contributed by atoms with van der Waals surface area (Å²) in [5, 5.41) is 0.962. The van der Waals surface area contributed by atoms with Gasteiger partial charge in [0, 0.05) is 37.1 Å². The zero-order valence-corrected chi connectivity index (χ0v) is 14.9. The van der Waals surface area contributed by atoms with Crippen LogP contribution in [0.4, 0.5) is 4.79 Å². The third-order valence-corrected chi connectivity index (χ3v) is 4.38. The molecule has 0 unspecified atom stereocenters. The number of nitrogens with zero attached hydrogens (tertiary/aromatic N) is 2. The summed E-state index contributed by atoms with van der Waals surface area (Å²) in [5.74, 6) is -0.982. The van der Waals surface area contributed by atoms with E-state index in [-0.39, 0.29) is 49.7 Å². The Bertz CT molecular complexity index is 891. The van der Waals surface area contributed by atoms with Gasteiger partial charge >= 0.3 is 6.03 Å². The molecule has 0 aliphatic carbocycles. The number of benzene rings is 1. The van der Waals surface area contributed by atoms with E-state index in [0.29, 0.717) is 6.42 Å². The highest BCUT2D eigenvalue weighted by molar-refractivity contribution is 6.01. The number of imide groups is 1. The molecule has 2 heterocycles. The Kier molecular flexibility index (Phi) is 5.39. The van der Waals surface area contributed by atoms with Crippen molar-refractivity contribution in [2.45, 2.75) is 19.3 Å². The molecule has 1 aliphatic rings. The summed E-state index contributed by atoms with van der Waals surface area (Å²) in [6.07, 6.45) is 2.32. The minimum atomic E-state index is -0.380. The summed E-state index contributed by atoms with van der Waals surface area (Å²) in [7, 11) is 1.55. The van der Waals surface area contributed by atoms with Gasteiger partial charge in [-0.05, 0) is 18.1 Å². The maximum absolute atomic E-state index is 12.0. The molecule has 1 aromatic carbocycles. The maximum atomic E-state index is 12.0. The summed E-state index contributed by atoms with van der Waals surface area (Å²) in [6, 6.07) is 7.29. The number of amides is 5. The van der Waals surface area contributed by atoms with Gasteiger partial charge in [-0.25, -0.2) is 4.79 Å². The first-order valence-corrected chi connectivity index (χ1v) is 8.64. The summed E-state index contributed by atoms with van der Waals surface area (Å²) in [6.45, 7) is 0.244. The van der Waals surface area contributed by atoms with Crippen molar-refractivity contribution < 1.29 is 19.2 Å². The molecule has 2 aromatic rings. The van der Waals surface area contributed by atoms with Crippen LogP contribution in [0.2, 0.25) is 0 Å². The molecule has 0 saturated carbocycles. The van der Waals surface area contributed by atoms with Gasteiger partial charge in [-0.2, -0.15) is 0 Å². The fourth-order valence-electron chi connectivity index (χ4n) is 2.98. The average Bonchev–Trinajstić information content (AvgIpc) is 3.15. The van der Waals surface area contributed by atoms with Crippen LogP contribution < -0.4 is 10.9 Å². The number of H-pyrrole nitrogens is 1. The van der Waals surface area contributed by atoms with Crippen LogP contribution in [-0.2, 0) is 20.8 Å². The third-order valence-electron chi connectivity index (χ3n) is 4.38. The van der Waals surface area contributed by atoms with Gasteiger partial charge in [-0.15, -0.1) is 0 Å². The Labute approximate surface area is 155 Å². The largest absolute Gasteiger partial charge is 0.361 e. The highest BCUT2D eigenvalue weighted by Gasteiger charge is 2.32. The van der Waals surface area contributed by atoms with Crippen molar-refractivity contribution >= 4 is 34.7 Å². The number of likely N-dealkylation sites (N-methyl/N-ethyl adjacent to an activating group) is 1. The molecule has 0 spiro atoms. The normalized spacial score (nSPS) is 14.1. The summed E-state index contributed by atoms with van der Waals surface area (Å²) in [5.41, 5.74) is 6.52. The lowest BCUT2D eigenvalue weighted by molar-refractivity contribution is -0.129. The number of urea groups is 1. The molecule has 1 saturated heterocycles. The molecule has 27 heavy (non-hydrogen) atoms. The molecule has 0 atom stereocenters. The minimum Gasteiger partial charge on any atom is -0.361 e. The number of hydrogen-bond acceptors (Lipinski definition) is 4. The Balaban J connectivity index is 1.39. The molecule has 9 nitrogen and oxygen atoms in total. The van der Waals surface area contributed by atoms with E-state index in [4.69, 9.17) is 0 Å². The van der Waals surface area contributed by atoms with Crippen LogP contribution in [0.3, 0.4) is 0 Å². The highest BCUT2D eigenvalue weighted by Crippen LogP contribution is 2.17. The predicted octanol–water partition coefficient (Wildman–Crippen LogP) is 0.532. The number of aromatic amines is 1. The fraction of sp³-hybridized carbons (Fsp3) is 0.333. The van der Waals surface area contributed by atoms with Crippen molar-refractivity contribution in [3.8, 4) is 0 Å². The maximum Gasteiger partial charge on any atom is 0.326 e. The molecule has 0 radical (unpaired) electrons. The monoisotopic (exact) mass is 371 g/mol. The van der Waals surface area contributed by atoms with Gasteiger partial charge in [-0.3, -0.25) is 30.1 Å². The van der Waals surface area contributed by atoms with Gasteiger partial charge in [0.25, 0.3) is 0 Å². The smallest absolute Gasteiger partial charge is 0.326 e. The highest BCUT2D eigenvalue weighted by atomic mass is 16.2. The van der Waals surface area contributed by atoms with E-state index in [9.17, 15) is 19.2 Å². The molecule has 1 fully saturated rings. The van der Waals surface area contributed by atoms with Crippen LogP contribution >= 0.6 is 0 Å². The average molecular weight is 371 g/mol. The van der Waals surface area contributed by atoms with Crippen molar-refractivity contribution in [3.63, 3.8) is 0 Å². The number of para-hydroxylation sites is 1. The molecule has 3 N–H and O–H groups in total. The van der Waals surface area contributed by atoms with E-state index in [1.165, 1.54) is 4.90 Å². The standard InChI is InChI=1S/C18H21N5O4/c1-22-11-17(26)23(18(22)27)8-4-7-15(24)20-21-16(25)9-12-10-19-14-6-3-2-5-13(12)14/h2-3,5-6,10,19H,4,7-9,11H2,1H3,(H,20,24)(H,21,25). The van der Waals surface area contributed by atoms with Gasteiger partial charge in [0.05, 0.1) is 6.42 Å². The first-order valence-electron chi connectivity index (χ1n) is 8.64. The Morgan fingerprint density at radius 2 is 1.89 bits per heavy atom. The van der Waals surface area contributed by atoms with Gasteiger partial charge in [0.1, 0.15) is 6.54 Å². The molecule has 0 bridgehead atoms. The minimum absolute atomic E-state index is 0.0644. The molecule has 1 aromatic heterocycles. The lowest BCUT2D eigenvalue weighted by atomic mass is 10.1. The van der Waals surface area contributed by atoms with Gasteiger partial charge in [0.2, 0.25) is 17.7 Å². The molecule has 142 valence electrons. The van der Waals surface area contributed by atoms with Crippen LogP contribution in [0.15, 0.2) is 30.5 Å². The van der Waals surface area contributed by atoms with Gasteiger partial charge in [0.15, 0.2) is 0 Å². The second kappa shape index (κ2) is 7.90. The Hall–Kier alpha value is -3.36. The zero-order valence-electron chi connectivity index (χ0n) is 14.9. The van der Waals surface area contributed by atoms with Gasteiger partial charge < -0.3 is 9.88 Å². The van der Waals surface area contributed by atoms with Crippen molar-refractivity contribution in [3.05, 3.63) is 36.0 Å². The summed E-state index contributed by atoms with van der Waals surface area (Å²) < 4.78 is 0. The number of hydrazine groups is 1. The van der Waals surface area contributed by atoms with E-state index in [0.717, 1.165) is 21.4 Å². The first kappa shape index (κ1) is 18.4. The van der Waals surface area contributed by atoms with Crippen molar-refractivity contribution in [2.75, 3.05) is 20.1 Å². The lowest BCUT2D eigenvalue weighted by Crippen LogP contribution is -2.42. The zero-order chi connectivity index (χ0) is 19.4. The number of rotatable bonds is 6. The Morgan fingerprint density at radius 1 is 1.15 bits per heavy atom. The van der Waals surface area contributed by atoms with Crippen LogP contribution in [-0.4, -0.2) is 58.7 Å². The van der Waals surface area contributed by atoms with E-state index in [1.54, 1.807) is 13.2 Å². The number of hydrogen-bond donors (Lipinski definition) is 3. The van der Waals surface area contributed by atoms with Crippen LogP contribution in [0.1, 0.15) is 18.4 Å². The number of carbonyl (C=O) groups excluding carboxylic acids is 4. The fourth-order valence-corrected chi connectivity index (χ4v) is 2.98. The van der Waals surface area contributed by atoms with E-state index in [2.05, 4.69) is 15.8 Å². The van der Waals surface area contributed by atoms with E-state index in [1.807, 2.05) is 24.3 Å². The quantitative estimate of drug-likeness (QED) is 0.508. The lowest BCUT2D eigenvalue weighted by Gasteiger charge is -2.13. The molecule has 3 rings (SSSR count). The second-order valence-corrected chi connectivity index (χ2v) is 6.42. The summed E-state index contributed by atoms with van der Waals surface area (Å²) >= 11 is 0. The van der Waals surface area contributed by atoms with Crippen molar-refractivity contribution in [1.82, 2.24) is 25.6 Å². The van der Waals surface area contributed by atoms with Crippen molar-refractivity contribution in [1.29, 1.82) is 0 Å². The predicted molar refractivity (Wildman–Crippen MR) is 97.3 cm³/mol. The SMILES string of the molecule is CN1CC(=O)N(CCCC(=O)NNC(=O)Cc2c[nH]c3ccccc23)C1=O. The molecule has 9 heteroatoms. The molecular formula is C18H21N5O4. The van der Waals surface area contributed by atoms with E-state index >= 15 is 0 Å². The van der Waals surface area contributed by atoms with Crippen LogP contribution in [0.5, 0.6) is 0 Å². The van der Waals surface area contributed by atoms with Crippen molar-refractivity contribution in [2.24, 2.45) is 0 Å². The topological polar surface area (TPSA) is 115 Å². The molecule has 5 amide bonds. The van der Waals surface area contributed by atoms with Crippen LogP contribution in [0, 0.1) is 0 Å². The number of nitrogens with one attached hydrogen (secondary N) is 3. The van der Waals surface area contributed by atoms with E-state index < -0.39 is 0 Å². The number of carbonyl (C=O) groups is 4. The van der Waals surface area contributed by atoms with Crippen LogP contribution in [0.25, 0.3) is 10.9 Å². The summed E-state index contributed by atoms with van der Waals surface area (Å²) in [4.78, 5) is 52.8.